The highest BCUT2D eigenvalue weighted by molar-refractivity contribution is 5.94. The molecule has 2 rings (SSSR count). The van der Waals surface area contributed by atoms with Crippen molar-refractivity contribution in [1.82, 2.24) is 9.80 Å². The third-order valence-corrected chi connectivity index (χ3v) is 3.82. The fourth-order valence-corrected chi connectivity index (χ4v) is 2.69. The molecule has 0 radical (unpaired) electrons. The Morgan fingerprint density at radius 2 is 2.20 bits per heavy atom. The number of amides is 1. The Bertz CT molecular complexity index is 493. The van der Waals surface area contributed by atoms with Crippen molar-refractivity contribution < 1.29 is 14.3 Å². The van der Waals surface area contributed by atoms with Gasteiger partial charge in [-0.15, -0.1) is 0 Å². The highest BCUT2D eigenvalue weighted by atomic mass is 19.1. The Balaban J connectivity index is 2.25. The molecule has 4 nitrogen and oxygen atoms in total. The molecule has 110 valence electrons. The van der Waals surface area contributed by atoms with E-state index in [-0.39, 0.29) is 23.3 Å². The van der Waals surface area contributed by atoms with Crippen LogP contribution < -0.4 is 0 Å². The van der Waals surface area contributed by atoms with Gasteiger partial charge in [0.1, 0.15) is 11.6 Å². The fourth-order valence-electron chi connectivity index (χ4n) is 2.69. The number of carbonyl (C=O) groups excluding carboxylic acids is 1. The van der Waals surface area contributed by atoms with Crippen LogP contribution in [-0.2, 0) is 0 Å². The second-order valence-electron chi connectivity index (χ2n) is 5.34. The maximum Gasteiger partial charge on any atom is 0.257 e. The van der Waals surface area contributed by atoms with Gasteiger partial charge in [0.2, 0.25) is 0 Å². The van der Waals surface area contributed by atoms with Gasteiger partial charge in [-0.1, -0.05) is 6.92 Å². The quantitative estimate of drug-likeness (QED) is 0.902. The summed E-state index contributed by atoms with van der Waals surface area (Å²) in [6, 6.07) is 3.79. The molecule has 1 saturated heterocycles. The van der Waals surface area contributed by atoms with Crippen LogP contribution in [0.25, 0.3) is 0 Å². The Morgan fingerprint density at radius 1 is 1.45 bits per heavy atom. The molecule has 1 aliphatic heterocycles. The van der Waals surface area contributed by atoms with Gasteiger partial charge in [-0.2, -0.15) is 0 Å². The lowest BCUT2D eigenvalue weighted by Gasteiger charge is -2.30. The molecule has 1 fully saturated rings. The van der Waals surface area contributed by atoms with E-state index >= 15 is 0 Å². The van der Waals surface area contributed by atoms with Crippen molar-refractivity contribution in [3.63, 3.8) is 0 Å². The number of carbonyl (C=O) groups is 1. The first-order chi connectivity index (χ1) is 9.52. The summed E-state index contributed by atoms with van der Waals surface area (Å²) in [6.45, 7) is 4.43. The van der Waals surface area contributed by atoms with E-state index in [1.165, 1.54) is 12.1 Å². The van der Waals surface area contributed by atoms with Crippen LogP contribution in [0.1, 0.15) is 30.1 Å². The van der Waals surface area contributed by atoms with Crippen molar-refractivity contribution in [1.29, 1.82) is 0 Å². The number of hydrogen-bond acceptors (Lipinski definition) is 3. The second kappa shape index (κ2) is 6.22. The number of benzene rings is 1. The smallest absolute Gasteiger partial charge is 0.257 e. The molecule has 20 heavy (non-hydrogen) atoms. The van der Waals surface area contributed by atoms with Gasteiger partial charge in [-0.25, -0.2) is 4.39 Å². The molecular formula is C15H21FN2O2. The number of nitrogens with zero attached hydrogens (tertiary/aromatic N) is 2. The molecule has 1 heterocycles. The molecule has 1 atom stereocenters. The van der Waals surface area contributed by atoms with Gasteiger partial charge in [0.25, 0.3) is 5.91 Å². The molecule has 1 aromatic rings. The van der Waals surface area contributed by atoms with E-state index in [2.05, 4.69) is 4.90 Å². The van der Waals surface area contributed by atoms with E-state index in [0.29, 0.717) is 6.54 Å². The number of hydrogen-bond donors (Lipinski definition) is 1. The average molecular weight is 280 g/mol. The van der Waals surface area contributed by atoms with E-state index in [4.69, 9.17) is 0 Å². The van der Waals surface area contributed by atoms with Crippen LogP contribution in [-0.4, -0.2) is 53.5 Å². The monoisotopic (exact) mass is 280 g/mol. The zero-order valence-corrected chi connectivity index (χ0v) is 12.0. The first-order valence-electron chi connectivity index (χ1n) is 7.01. The first kappa shape index (κ1) is 14.8. The van der Waals surface area contributed by atoms with Crippen LogP contribution in [0.3, 0.4) is 0 Å². The first-order valence-corrected chi connectivity index (χ1v) is 7.01. The summed E-state index contributed by atoms with van der Waals surface area (Å²) in [5.74, 6) is -1.12. The molecule has 1 aliphatic rings. The van der Waals surface area contributed by atoms with E-state index in [9.17, 15) is 14.3 Å². The van der Waals surface area contributed by atoms with Gasteiger partial charge >= 0.3 is 0 Å². The zero-order chi connectivity index (χ0) is 14.7. The molecule has 0 spiro atoms. The predicted molar refractivity (Wildman–Crippen MR) is 75.3 cm³/mol. The molecule has 1 amide bonds. The molecule has 0 bridgehead atoms. The molecule has 1 aromatic carbocycles. The molecule has 0 aliphatic carbocycles. The Labute approximate surface area is 118 Å². The number of phenolic OH excluding ortho intramolecular Hbond substituents is 1. The van der Waals surface area contributed by atoms with Crippen LogP contribution in [0.5, 0.6) is 5.75 Å². The molecule has 5 heteroatoms. The van der Waals surface area contributed by atoms with E-state index in [1.807, 2.05) is 14.0 Å². The summed E-state index contributed by atoms with van der Waals surface area (Å²) in [5, 5.41) is 9.24. The van der Waals surface area contributed by atoms with E-state index in [1.54, 1.807) is 4.90 Å². The van der Waals surface area contributed by atoms with Crippen molar-refractivity contribution in [2.24, 2.45) is 0 Å². The van der Waals surface area contributed by atoms with Crippen molar-refractivity contribution in [3.05, 3.63) is 29.6 Å². The number of aromatic hydroxyl groups is 1. The number of phenols is 1. The molecular weight excluding hydrogens is 259 g/mol. The summed E-state index contributed by atoms with van der Waals surface area (Å²) >= 11 is 0. The highest BCUT2D eigenvalue weighted by Crippen LogP contribution is 2.20. The van der Waals surface area contributed by atoms with Gasteiger partial charge < -0.3 is 14.9 Å². The summed E-state index contributed by atoms with van der Waals surface area (Å²) in [7, 11) is 2.04. The number of halogens is 1. The molecule has 0 saturated carbocycles. The summed E-state index contributed by atoms with van der Waals surface area (Å²) in [6.07, 6.45) is 1.73. The maximum absolute atomic E-state index is 13.8. The minimum absolute atomic E-state index is 0.0332. The van der Waals surface area contributed by atoms with Crippen molar-refractivity contribution >= 4 is 5.91 Å². The van der Waals surface area contributed by atoms with Crippen molar-refractivity contribution in [2.45, 2.75) is 25.8 Å². The van der Waals surface area contributed by atoms with Crippen LogP contribution in [0.15, 0.2) is 18.2 Å². The Hall–Kier alpha value is -1.62. The lowest BCUT2D eigenvalue weighted by molar-refractivity contribution is 0.0671. The van der Waals surface area contributed by atoms with Crippen molar-refractivity contribution in [3.8, 4) is 5.75 Å². The summed E-state index contributed by atoms with van der Waals surface area (Å²) < 4.78 is 13.8. The van der Waals surface area contributed by atoms with Gasteiger partial charge in [0.15, 0.2) is 0 Å². The van der Waals surface area contributed by atoms with Crippen LogP contribution in [0.4, 0.5) is 4.39 Å². The third-order valence-electron chi connectivity index (χ3n) is 3.82. The largest absolute Gasteiger partial charge is 0.508 e. The zero-order valence-electron chi connectivity index (χ0n) is 12.0. The van der Waals surface area contributed by atoms with Crippen LogP contribution >= 0.6 is 0 Å². The molecule has 1 N–H and O–H groups in total. The predicted octanol–water partition coefficient (Wildman–Crippen LogP) is 2.09. The van der Waals surface area contributed by atoms with Gasteiger partial charge in [0.05, 0.1) is 5.56 Å². The molecule has 0 aromatic heterocycles. The van der Waals surface area contributed by atoms with Crippen LogP contribution in [0, 0.1) is 5.82 Å². The lowest BCUT2D eigenvalue weighted by Crippen LogP contribution is -2.43. The fraction of sp³-hybridized carbons (Fsp3) is 0.533. The standard InChI is InChI=1S/C15H21FN2O2/c1-3-11-10-17(2)7-4-8-18(11)15(20)13-6-5-12(19)9-14(13)16/h5-6,9,11,19H,3-4,7-8,10H2,1-2H3. The van der Waals surface area contributed by atoms with Gasteiger partial charge in [-0.05, 0) is 38.6 Å². The van der Waals surface area contributed by atoms with E-state index in [0.717, 1.165) is 32.0 Å². The highest BCUT2D eigenvalue weighted by Gasteiger charge is 2.28. The van der Waals surface area contributed by atoms with Crippen molar-refractivity contribution in [2.75, 3.05) is 26.7 Å². The van der Waals surface area contributed by atoms with Crippen LogP contribution in [0.2, 0.25) is 0 Å². The van der Waals surface area contributed by atoms with Gasteiger partial charge in [-0.3, -0.25) is 4.79 Å². The normalized spacial score (nSPS) is 20.8. The summed E-state index contributed by atoms with van der Waals surface area (Å²) in [4.78, 5) is 16.5. The topological polar surface area (TPSA) is 43.8 Å². The number of likely N-dealkylation sites (N-methyl/N-ethyl adjacent to an activating group) is 1. The second-order valence-corrected chi connectivity index (χ2v) is 5.34. The van der Waals surface area contributed by atoms with Gasteiger partial charge in [0, 0.05) is 25.2 Å². The third kappa shape index (κ3) is 3.10. The molecule has 1 unspecified atom stereocenters. The van der Waals surface area contributed by atoms with E-state index < -0.39 is 5.82 Å². The summed E-state index contributed by atoms with van der Waals surface area (Å²) in [5.41, 5.74) is 0.0332. The minimum atomic E-state index is -0.664. The lowest BCUT2D eigenvalue weighted by atomic mass is 10.1. The SMILES string of the molecule is CCC1CN(C)CCCN1C(=O)c1ccc(O)cc1F. The maximum atomic E-state index is 13.8. The average Bonchev–Trinajstić information content (AvgIpc) is 2.59. The Morgan fingerprint density at radius 3 is 2.85 bits per heavy atom. The number of rotatable bonds is 2. The Kier molecular flexibility index (Phi) is 4.60. The minimum Gasteiger partial charge on any atom is -0.508 e.